The summed E-state index contributed by atoms with van der Waals surface area (Å²) in [6, 6.07) is 7.94. The quantitative estimate of drug-likeness (QED) is 0.762. The third-order valence-electron chi connectivity index (χ3n) is 4.48. The largest absolute Gasteiger partial charge is 0.494 e. The molecule has 2 aromatic rings. The van der Waals surface area contributed by atoms with E-state index in [0.29, 0.717) is 18.9 Å². The lowest BCUT2D eigenvalue weighted by molar-refractivity contribution is -0.130. The van der Waals surface area contributed by atoms with Gasteiger partial charge in [0.25, 0.3) is 0 Å². The molecule has 1 saturated carbocycles. The van der Waals surface area contributed by atoms with Crippen molar-refractivity contribution in [2.75, 3.05) is 20.2 Å². The SMILES string of the molecule is CCOc1ccc(-c2nc(CC(=O)N(C)CC3CCC3)cs2)cc1. The van der Waals surface area contributed by atoms with Crippen molar-refractivity contribution < 1.29 is 9.53 Å². The highest BCUT2D eigenvalue weighted by Gasteiger charge is 2.21. The molecule has 4 nitrogen and oxygen atoms in total. The van der Waals surface area contributed by atoms with Crippen molar-refractivity contribution in [1.82, 2.24) is 9.88 Å². The van der Waals surface area contributed by atoms with Crippen LogP contribution in [0.3, 0.4) is 0 Å². The number of hydrogen-bond acceptors (Lipinski definition) is 4. The zero-order valence-electron chi connectivity index (χ0n) is 14.3. The van der Waals surface area contributed by atoms with Crippen LogP contribution in [0.1, 0.15) is 31.9 Å². The summed E-state index contributed by atoms with van der Waals surface area (Å²) in [5, 5.41) is 2.93. The molecule has 1 aromatic heterocycles. The van der Waals surface area contributed by atoms with Crippen LogP contribution in [0.2, 0.25) is 0 Å². The van der Waals surface area contributed by atoms with Crippen LogP contribution in [0.5, 0.6) is 5.75 Å². The lowest BCUT2D eigenvalue weighted by Gasteiger charge is -2.30. The van der Waals surface area contributed by atoms with Crippen LogP contribution in [-0.2, 0) is 11.2 Å². The monoisotopic (exact) mass is 344 g/mol. The lowest BCUT2D eigenvalue weighted by Crippen LogP contribution is -2.35. The average Bonchev–Trinajstić information content (AvgIpc) is 3.00. The highest BCUT2D eigenvalue weighted by Crippen LogP contribution is 2.28. The number of benzene rings is 1. The second kappa shape index (κ2) is 7.79. The van der Waals surface area contributed by atoms with E-state index in [9.17, 15) is 4.79 Å². The molecule has 0 atom stereocenters. The number of ether oxygens (including phenoxy) is 1. The first-order valence-electron chi connectivity index (χ1n) is 8.57. The first-order chi connectivity index (χ1) is 11.7. The molecule has 3 rings (SSSR count). The minimum atomic E-state index is 0.158. The number of nitrogens with zero attached hydrogens (tertiary/aromatic N) is 2. The zero-order chi connectivity index (χ0) is 16.9. The van der Waals surface area contributed by atoms with Crippen LogP contribution in [0.4, 0.5) is 0 Å². The van der Waals surface area contributed by atoms with Crippen LogP contribution in [0.25, 0.3) is 10.6 Å². The minimum absolute atomic E-state index is 0.158. The average molecular weight is 344 g/mol. The third kappa shape index (κ3) is 4.15. The van der Waals surface area contributed by atoms with Crippen molar-refractivity contribution in [1.29, 1.82) is 0 Å². The Kier molecular flexibility index (Phi) is 5.51. The number of amides is 1. The van der Waals surface area contributed by atoms with Gasteiger partial charge in [-0.25, -0.2) is 4.98 Å². The predicted octanol–water partition coefficient (Wildman–Crippen LogP) is 4.01. The minimum Gasteiger partial charge on any atom is -0.494 e. The van der Waals surface area contributed by atoms with Gasteiger partial charge in [0.1, 0.15) is 10.8 Å². The fourth-order valence-electron chi connectivity index (χ4n) is 2.84. The van der Waals surface area contributed by atoms with Gasteiger partial charge in [-0.05, 0) is 49.9 Å². The van der Waals surface area contributed by atoms with Gasteiger partial charge < -0.3 is 9.64 Å². The van der Waals surface area contributed by atoms with Gasteiger partial charge in [-0.15, -0.1) is 11.3 Å². The van der Waals surface area contributed by atoms with Crippen molar-refractivity contribution in [3.05, 3.63) is 35.3 Å². The second-order valence-corrected chi connectivity index (χ2v) is 7.21. The molecule has 0 radical (unpaired) electrons. The topological polar surface area (TPSA) is 42.4 Å². The molecule has 0 spiro atoms. The molecular weight excluding hydrogens is 320 g/mol. The number of thiazole rings is 1. The van der Waals surface area contributed by atoms with Gasteiger partial charge in [0.15, 0.2) is 0 Å². The van der Waals surface area contributed by atoms with Gasteiger partial charge in [0.2, 0.25) is 5.91 Å². The maximum atomic E-state index is 12.3. The van der Waals surface area contributed by atoms with Crippen LogP contribution in [0.15, 0.2) is 29.6 Å². The molecule has 0 unspecified atom stereocenters. The van der Waals surface area contributed by atoms with Crippen molar-refractivity contribution >= 4 is 17.2 Å². The van der Waals surface area contributed by atoms with Gasteiger partial charge in [-0.3, -0.25) is 4.79 Å². The lowest BCUT2D eigenvalue weighted by atomic mass is 9.85. The normalized spacial score (nSPS) is 14.2. The van der Waals surface area contributed by atoms with Gasteiger partial charge in [0.05, 0.1) is 18.7 Å². The maximum absolute atomic E-state index is 12.3. The fraction of sp³-hybridized carbons (Fsp3) is 0.474. The van der Waals surface area contributed by atoms with E-state index in [2.05, 4.69) is 4.98 Å². The number of carbonyl (C=O) groups excluding carboxylic acids is 1. The molecule has 1 aliphatic rings. The summed E-state index contributed by atoms with van der Waals surface area (Å²) < 4.78 is 5.46. The van der Waals surface area contributed by atoms with Gasteiger partial charge >= 0.3 is 0 Å². The van der Waals surface area contributed by atoms with E-state index in [1.165, 1.54) is 19.3 Å². The zero-order valence-corrected chi connectivity index (χ0v) is 15.1. The fourth-order valence-corrected chi connectivity index (χ4v) is 3.66. The van der Waals surface area contributed by atoms with Gasteiger partial charge in [-0.2, -0.15) is 0 Å². The number of hydrogen-bond donors (Lipinski definition) is 0. The highest BCUT2D eigenvalue weighted by atomic mass is 32.1. The Bertz CT molecular complexity index is 677. The molecule has 1 fully saturated rings. The molecule has 0 aliphatic heterocycles. The molecule has 128 valence electrons. The summed E-state index contributed by atoms with van der Waals surface area (Å²) in [6.45, 7) is 3.52. The predicted molar refractivity (Wildman–Crippen MR) is 97.4 cm³/mol. The number of likely N-dealkylation sites (N-methyl/N-ethyl adjacent to an activating group) is 1. The van der Waals surface area contributed by atoms with Gasteiger partial charge in [-0.1, -0.05) is 6.42 Å². The molecule has 0 N–H and O–H groups in total. The Morgan fingerprint density at radius 1 is 1.33 bits per heavy atom. The Balaban J connectivity index is 1.59. The van der Waals surface area contributed by atoms with E-state index in [4.69, 9.17) is 4.74 Å². The summed E-state index contributed by atoms with van der Waals surface area (Å²) in [5.74, 6) is 1.73. The Labute approximate surface area is 147 Å². The first kappa shape index (κ1) is 17.0. The van der Waals surface area contributed by atoms with Crippen molar-refractivity contribution in [2.45, 2.75) is 32.6 Å². The Hall–Kier alpha value is -1.88. The van der Waals surface area contributed by atoms with Crippen LogP contribution < -0.4 is 4.74 Å². The van der Waals surface area contributed by atoms with Crippen LogP contribution in [0, 0.1) is 5.92 Å². The number of rotatable bonds is 7. The molecule has 1 amide bonds. The molecule has 5 heteroatoms. The molecule has 0 bridgehead atoms. The molecule has 24 heavy (non-hydrogen) atoms. The van der Waals surface area contributed by atoms with E-state index in [1.807, 2.05) is 48.5 Å². The third-order valence-corrected chi connectivity index (χ3v) is 5.42. The van der Waals surface area contributed by atoms with E-state index < -0.39 is 0 Å². The van der Waals surface area contributed by atoms with Crippen LogP contribution >= 0.6 is 11.3 Å². The van der Waals surface area contributed by atoms with Crippen molar-refractivity contribution in [3.8, 4) is 16.3 Å². The molecule has 1 aromatic carbocycles. The van der Waals surface area contributed by atoms with E-state index >= 15 is 0 Å². The molecular formula is C19H24N2O2S. The van der Waals surface area contributed by atoms with Crippen LogP contribution in [-0.4, -0.2) is 36.0 Å². The standard InChI is InChI=1S/C19H24N2O2S/c1-3-23-17-9-7-15(8-10-17)19-20-16(13-24-19)11-18(22)21(2)12-14-5-4-6-14/h7-10,13-14H,3-6,11-12H2,1-2H3. The summed E-state index contributed by atoms with van der Waals surface area (Å²) >= 11 is 1.58. The van der Waals surface area contributed by atoms with Crippen molar-refractivity contribution in [3.63, 3.8) is 0 Å². The summed E-state index contributed by atoms with van der Waals surface area (Å²) in [4.78, 5) is 18.8. The van der Waals surface area contributed by atoms with Crippen molar-refractivity contribution in [2.24, 2.45) is 5.92 Å². The maximum Gasteiger partial charge on any atom is 0.228 e. The first-order valence-corrected chi connectivity index (χ1v) is 9.45. The van der Waals surface area contributed by atoms with E-state index in [1.54, 1.807) is 11.3 Å². The Morgan fingerprint density at radius 3 is 2.71 bits per heavy atom. The molecule has 1 heterocycles. The Morgan fingerprint density at radius 2 is 2.08 bits per heavy atom. The number of carbonyl (C=O) groups is 1. The summed E-state index contributed by atoms with van der Waals surface area (Å²) in [5.41, 5.74) is 1.92. The molecule has 1 aliphatic carbocycles. The highest BCUT2D eigenvalue weighted by molar-refractivity contribution is 7.13. The van der Waals surface area contributed by atoms with E-state index in [0.717, 1.165) is 28.6 Å². The second-order valence-electron chi connectivity index (χ2n) is 6.35. The van der Waals surface area contributed by atoms with Gasteiger partial charge in [0, 0.05) is 24.5 Å². The van der Waals surface area contributed by atoms with E-state index in [-0.39, 0.29) is 5.91 Å². The summed E-state index contributed by atoms with van der Waals surface area (Å²) in [6.07, 6.45) is 4.22. The smallest absolute Gasteiger partial charge is 0.228 e. The molecule has 0 saturated heterocycles. The summed E-state index contributed by atoms with van der Waals surface area (Å²) in [7, 11) is 1.90. The number of aromatic nitrogens is 1.